The number of anilines is 7. The first-order chi connectivity index (χ1) is 52.2. The summed E-state index contributed by atoms with van der Waals surface area (Å²) in [4.78, 5) is 78.3. The smallest absolute Gasteiger partial charge is 0.360 e. The van der Waals surface area contributed by atoms with Crippen molar-refractivity contribution < 1.29 is 61.5 Å². The quantitative estimate of drug-likeness (QED) is 0.0672. The lowest BCUT2D eigenvalue weighted by Crippen LogP contribution is -2.55. The highest BCUT2D eigenvalue weighted by molar-refractivity contribution is 7.93. The first-order valence-electron chi connectivity index (χ1n) is 34.4. The van der Waals surface area contributed by atoms with Crippen molar-refractivity contribution in [1.29, 1.82) is 0 Å². The minimum atomic E-state index is -4.47. The predicted molar refractivity (Wildman–Crippen MR) is 419 cm³/mol. The normalized spacial score (nSPS) is 16.0. The molecule has 0 unspecified atom stereocenters. The maximum absolute atomic E-state index is 14.0. The summed E-state index contributed by atoms with van der Waals surface area (Å²) in [6, 6.07) is 25.7. The van der Waals surface area contributed by atoms with Gasteiger partial charge in [-0.15, -0.1) is 34.0 Å². The van der Waals surface area contributed by atoms with Crippen LogP contribution >= 0.6 is 45.6 Å². The van der Waals surface area contributed by atoms with Crippen LogP contribution in [-0.4, -0.2) is 188 Å². The van der Waals surface area contributed by atoms with E-state index in [1.165, 1.54) is 107 Å². The molecule has 12 heterocycles. The summed E-state index contributed by atoms with van der Waals surface area (Å²) in [6.07, 6.45) is 9.38. The van der Waals surface area contributed by atoms with Crippen LogP contribution in [0.2, 0.25) is 5.02 Å². The second-order valence-electron chi connectivity index (χ2n) is 25.8. The number of sulfonamides is 3. The van der Waals surface area contributed by atoms with Gasteiger partial charge in [-0.05, 0) is 136 Å². The number of aryl methyl sites for hydroxylation is 1. The molecule has 3 amide bonds. The maximum atomic E-state index is 14.0. The van der Waals surface area contributed by atoms with E-state index in [1.807, 2.05) is 52.8 Å². The van der Waals surface area contributed by atoms with Gasteiger partial charge in [-0.3, -0.25) is 28.5 Å². The Morgan fingerprint density at radius 1 is 0.495 bits per heavy atom. The molecular formula is C71H79ClF4N18O9S6. The molecule has 38 heteroatoms. The number of alkyl halides is 3. The Morgan fingerprint density at radius 3 is 1.34 bits per heavy atom. The molecule has 15 rings (SSSR count). The molecule has 11 aromatic rings. The number of pyridine rings is 3. The molecule has 27 nitrogen and oxygen atoms in total. The molecule has 8 aromatic heterocycles. The number of fused-ring (bicyclic) bond motifs is 3. The van der Waals surface area contributed by atoms with Crippen molar-refractivity contribution in [3.8, 4) is 0 Å². The lowest BCUT2D eigenvalue weighted by molar-refractivity contribution is -0.137. The number of carbonyl (C=O) groups is 3. The zero-order valence-electron chi connectivity index (χ0n) is 58.7. The molecule has 3 saturated heterocycles. The van der Waals surface area contributed by atoms with Crippen LogP contribution in [0.3, 0.4) is 0 Å². The van der Waals surface area contributed by atoms with Crippen molar-refractivity contribution in [2.45, 2.75) is 72.6 Å². The summed E-state index contributed by atoms with van der Waals surface area (Å²) < 4.78 is 139. The van der Waals surface area contributed by atoms with E-state index in [9.17, 15) is 57.2 Å². The molecular weight excluding hydrogens is 1550 g/mol. The van der Waals surface area contributed by atoms with Gasteiger partial charge in [0.1, 0.15) is 56.1 Å². The molecule has 0 bridgehead atoms. The Kier molecular flexibility index (Phi) is 23.1. The molecule has 3 aromatic carbocycles. The highest BCUT2D eigenvalue weighted by Gasteiger charge is 2.35. The number of hydrogen-bond acceptors (Lipinski definition) is 22. The van der Waals surface area contributed by atoms with Gasteiger partial charge in [0.2, 0.25) is 17.7 Å². The first-order valence-corrected chi connectivity index (χ1v) is 41.9. The summed E-state index contributed by atoms with van der Waals surface area (Å²) in [5.74, 6) is 1.49. The number of piperazine rings is 3. The van der Waals surface area contributed by atoms with Crippen molar-refractivity contribution in [3.63, 3.8) is 0 Å². The van der Waals surface area contributed by atoms with Crippen LogP contribution in [0.25, 0.3) is 21.8 Å². The zero-order chi connectivity index (χ0) is 76.9. The fraction of sp³-hybridized carbons (Fsp3) is 0.310. The fourth-order valence-corrected chi connectivity index (χ4v) is 18.7. The van der Waals surface area contributed by atoms with Crippen molar-refractivity contribution in [2.75, 3.05) is 119 Å². The highest BCUT2D eigenvalue weighted by Crippen LogP contribution is 2.36. The Morgan fingerprint density at radius 2 is 0.927 bits per heavy atom. The number of halogens is 5. The maximum Gasteiger partial charge on any atom is 0.416 e. The Hall–Kier alpha value is -10.1. The number of aromatic nitrogens is 8. The summed E-state index contributed by atoms with van der Waals surface area (Å²) >= 11 is 9.74. The zero-order valence-corrected chi connectivity index (χ0v) is 64.4. The summed E-state index contributed by atoms with van der Waals surface area (Å²) in [6.45, 7) is 12.6. The molecule has 3 fully saturated rings. The van der Waals surface area contributed by atoms with Crippen LogP contribution in [0, 0.1) is 5.82 Å². The second-order valence-corrected chi connectivity index (χ2v) is 34.0. The predicted octanol–water partition coefficient (Wildman–Crippen LogP) is 11.8. The third-order valence-corrected chi connectivity index (χ3v) is 25.8. The molecule has 4 aliphatic heterocycles. The molecule has 3 N–H and O–H groups in total. The number of benzene rings is 3. The third kappa shape index (κ3) is 17.7. The van der Waals surface area contributed by atoms with E-state index < -0.39 is 53.9 Å². The van der Waals surface area contributed by atoms with Crippen LogP contribution in [0.4, 0.5) is 56.1 Å². The van der Waals surface area contributed by atoms with Crippen LogP contribution in [0.15, 0.2) is 184 Å². The molecule has 109 heavy (non-hydrogen) atoms. The van der Waals surface area contributed by atoms with Crippen molar-refractivity contribution >= 4 is 154 Å². The molecule has 4 aliphatic rings. The van der Waals surface area contributed by atoms with Gasteiger partial charge >= 0.3 is 6.18 Å². The van der Waals surface area contributed by atoms with Gasteiger partial charge in [0, 0.05) is 177 Å². The van der Waals surface area contributed by atoms with Gasteiger partial charge in [0.05, 0.1) is 11.1 Å². The minimum absolute atomic E-state index is 0. The van der Waals surface area contributed by atoms with Crippen molar-refractivity contribution in [3.05, 3.63) is 191 Å². The third-order valence-electron chi connectivity index (χ3n) is 19.1. The first kappa shape index (κ1) is 77.1. The number of thiazole rings is 3. The van der Waals surface area contributed by atoms with Crippen LogP contribution < -0.4 is 33.8 Å². The van der Waals surface area contributed by atoms with E-state index in [4.69, 9.17) is 11.6 Å². The number of carbonyl (C=O) groups excluding carboxylic acids is 3. The van der Waals surface area contributed by atoms with Gasteiger partial charge < -0.3 is 43.4 Å². The van der Waals surface area contributed by atoms with E-state index in [2.05, 4.69) is 53.9 Å². The monoisotopic (exact) mass is 1630 g/mol. The summed E-state index contributed by atoms with van der Waals surface area (Å²) in [5.41, 5.74) is 2.56. The number of nitrogens with one attached hydrogen (secondary N) is 3. The van der Waals surface area contributed by atoms with Crippen molar-refractivity contribution in [2.24, 2.45) is 0 Å². The summed E-state index contributed by atoms with van der Waals surface area (Å²) in [5, 5.41) is 7.76. The Bertz CT molecular complexity index is 5400. The molecule has 0 spiro atoms. The second kappa shape index (κ2) is 32.6. The Labute approximate surface area is 647 Å². The number of rotatable bonds is 18. The van der Waals surface area contributed by atoms with Crippen LogP contribution in [0.1, 0.15) is 54.7 Å². The molecule has 3 atom stereocenters. The van der Waals surface area contributed by atoms with Crippen LogP contribution in [-0.2, 0) is 57.1 Å². The average Bonchev–Trinajstić information content (AvgIpc) is 1.60. The van der Waals surface area contributed by atoms with Gasteiger partial charge in [-0.1, -0.05) is 23.7 Å². The fourth-order valence-electron chi connectivity index (χ4n) is 13.3. The molecule has 0 saturated carbocycles. The number of nitrogens with zero attached hydrogens (tertiary/aromatic N) is 15. The van der Waals surface area contributed by atoms with E-state index in [0.29, 0.717) is 128 Å². The van der Waals surface area contributed by atoms with Crippen molar-refractivity contribution in [1.82, 2.24) is 53.7 Å². The molecule has 0 radical (unpaired) electrons. The van der Waals surface area contributed by atoms with Gasteiger partial charge in [0.25, 0.3) is 30.1 Å². The van der Waals surface area contributed by atoms with Gasteiger partial charge in [-0.25, -0.2) is 59.5 Å². The van der Waals surface area contributed by atoms with E-state index >= 15 is 0 Å². The van der Waals surface area contributed by atoms with Gasteiger partial charge in [0.15, 0.2) is 15.4 Å². The Balaban J connectivity index is 0.000000176. The number of hydrogen-bond donors (Lipinski definition) is 3. The molecule has 578 valence electrons. The lowest BCUT2D eigenvalue weighted by atomic mass is 10.00. The standard InChI is InChI=1S/C24H27ClN6O3S2.C24H23F3N6O3S2.C23H23FN6O3S2.3H2/c1-17(31-9-2-3-18-15-19(25)4-6-21(18)31)23(32)30-12-10-29(11-13-30)22-7-5-20(16-27-22)36(33,34)28-24-26-8-14-35-24;1-16(33-8-6-17-2-3-18(14-20(17)33)24(25,26)27)22(34)32-11-9-31(10-12-32)21-5-4-19(15-29-21)38(35,36)30-23-28-7-13-37-23;1-16(30-9-7-18-19(24)3-2-4-20(18)30)22(31)29-12-10-28(11-13-29)21-6-5-17(15-26-21)35(32,33)27-23-25-8-14-34-23;;;/h4-8,14-17H,2-3,9-13H2,1H3,(H,26,28);2-8,13-16H,9-12H2,1H3,(H,28,30);2-9,14-16H,10-13H2,1H3,(H,25,27);3*1H/t17-;2*16-;;;/m100.../s1. The SMILES string of the molecule is C[C@@H](C(=O)N1CCN(c2ccc(S(=O)(=O)Nc3nccs3)cn2)CC1)n1ccc2c(F)cccc21.C[C@@H](C(=O)N1CCN(c2ccc(S(=O)(=O)Nc3nccs3)cn2)CC1)n1ccc2ccc(C(F)(F)F)cc21.C[C@H](C(=O)N1CCN(c2ccc(S(=O)(=O)Nc3nccs3)cn2)CC1)N1CCCc2cc(Cl)ccc21.[HH].[HH].[HH]. The topological polar surface area (TPSA) is 300 Å². The lowest BCUT2D eigenvalue weighted by Gasteiger charge is -2.40. The van der Waals surface area contributed by atoms with E-state index in [1.54, 1.807) is 90.8 Å². The van der Waals surface area contributed by atoms with Crippen LogP contribution in [0.5, 0.6) is 0 Å². The largest absolute Gasteiger partial charge is 0.416 e. The highest BCUT2D eigenvalue weighted by atomic mass is 35.5. The van der Waals surface area contributed by atoms with E-state index in [0.717, 1.165) is 42.2 Å². The average molecular weight is 1630 g/mol. The summed E-state index contributed by atoms with van der Waals surface area (Å²) in [7, 11) is -11.3. The van der Waals surface area contributed by atoms with E-state index in [-0.39, 0.29) is 53.7 Å². The molecule has 0 aliphatic carbocycles. The van der Waals surface area contributed by atoms with Gasteiger partial charge in [-0.2, -0.15) is 13.2 Å². The minimum Gasteiger partial charge on any atom is -0.360 e. The number of amides is 3.